The molecule has 0 spiro atoms. The summed E-state index contributed by atoms with van der Waals surface area (Å²) in [6.45, 7) is 5.08. The topological polar surface area (TPSA) is 68.8 Å². The van der Waals surface area contributed by atoms with E-state index in [9.17, 15) is 4.79 Å². The minimum absolute atomic E-state index is 0.254. The number of rotatable bonds is 8. The zero-order valence-electron chi connectivity index (χ0n) is 15.9. The van der Waals surface area contributed by atoms with E-state index in [2.05, 4.69) is 17.6 Å². The number of carbonyl (C=O) groups is 1. The molecule has 6 nitrogen and oxygen atoms in total. The minimum atomic E-state index is -0.254. The van der Waals surface area contributed by atoms with E-state index in [-0.39, 0.29) is 6.03 Å². The van der Waals surface area contributed by atoms with Gasteiger partial charge in [-0.1, -0.05) is 42.8 Å². The lowest BCUT2D eigenvalue weighted by Crippen LogP contribution is -2.34. The molecule has 0 fully saturated rings. The Balaban J connectivity index is 1.51. The van der Waals surface area contributed by atoms with Crippen molar-refractivity contribution in [1.29, 1.82) is 0 Å². The number of carbonyl (C=O) groups excluding carboxylic acids is 1. The highest BCUT2D eigenvalue weighted by Gasteiger charge is 2.16. The molecular weight excluding hydrogens is 380 g/mol. The summed E-state index contributed by atoms with van der Waals surface area (Å²) in [5, 5.41) is 6.20. The summed E-state index contributed by atoms with van der Waals surface area (Å²) in [5.74, 6) is 1.17. The second kappa shape index (κ2) is 10.2. The van der Waals surface area contributed by atoms with Crippen LogP contribution in [0.1, 0.15) is 30.0 Å². The number of hydrogen-bond acceptors (Lipinski definition) is 4. The first-order valence-corrected chi connectivity index (χ1v) is 9.79. The van der Waals surface area contributed by atoms with Gasteiger partial charge in [0, 0.05) is 19.7 Å². The summed E-state index contributed by atoms with van der Waals surface area (Å²) < 4.78 is 16.7. The third-order valence-electron chi connectivity index (χ3n) is 4.27. The number of urea groups is 1. The number of ether oxygens (including phenoxy) is 3. The van der Waals surface area contributed by atoms with Crippen molar-refractivity contribution in [3.63, 3.8) is 0 Å². The molecule has 3 rings (SSSR count). The van der Waals surface area contributed by atoms with E-state index in [1.165, 1.54) is 0 Å². The van der Waals surface area contributed by atoms with Gasteiger partial charge in [0.1, 0.15) is 13.2 Å². The molecular formula is C21H25ClN2O4. The van der Waals surface area contributed by atoms with E-state index < -0.39 is 0 Å². The largest absolute Gasteiger partial charge is 0.486 e. The highest BCUT2D eigenvalue weighted by molar-refractivity contribution is 6.32. The first kappa shape index (κ1) is 20.3. The summed E-state index contributed by atoms with van der Waals surface area (Å²) in [4.78, 5) is 12.2. The van der Waals surface area contributed by atoms with Crippen LogP contribution in [0, 0.1) is 0 Å². The molecule has 0 aromatic heterocycles. The summed E-state index contributed by atoms with van der Waals surface area (Å²) in [6, 6.07) is 11.3. The van der Waals surface area contributed by atoms with Gasteiger partial charge in [-0.3, -0.25) is 0 Å². The van der Waals surface area contributed by atoms with E-state index in [0.29, 0.717) is 49.4 Å². The highest BCUT2D eigenvalue weighted by Crippen LogP contribution is 2.38. The molecule has 0 saturated carbocycles. The molecule has 7 heteroatoms. The fourth-order valence-corrected chi connectivity index (χ4v) is 3.17. The first-order chi connectivity index (χ1) is 13.7. The van der Waals surface area contributed by atoms with Gasteiger partial charge in [0.2, 0.25) is 0 Å². The third-order valence-corrected chi connectivity index (χ3v) is 4.55. The van der Waals surface area contributed by atoms with E-state index in [1.807, 2.05) is 30.3 Å². The maximum Gasteiger partial charge on any atom is 0.315 e. The van der Waals surface area contributed by atoms with Gasteiger partial charge in [-0.2, -0.15) is 0 Å². The molecule has 2 aromatic rings. The molecule has 0 unspecified atom stereocenters. The molecule has 0 bridgehead atoms. The molecule has 0 radical (unpaired) electrons. The Labute approximate surface area is 170 Å². The van der Waals surface area contributed by atoms with Crippen molar-refractivity contribution in [2.75, 3.05) is 19.8 Å². The van der Waals surface area contributed by atoms with Gasteiger partial charge in [0.15, 0.2) is 11.5 Å². The Morgan fingerprint density at radius 3 is 2.68 bits per heavy atom. The van der Waals surface area contributed by atoms with Crippen LogP contribution in [-0.2, 0) is 24.4 Å². The second-order valence-corrected chi connectivity index (χ2v) is 6.87. The Hall–Kier alpha value is -2.44. The number of benzene rings is 2. The van der Waals surface area contributed by atoms with Crippen LogP contribution < -0.4 is 20.1 Å². The van der Waals surface area contributed by atoms with Gasteiger partial charge < -0.3 is 24.8 Å². The number of halogens is 1. The van der Waals surface area contributed by atoms with E-state index in [4.69, 9.17) is 25.8 Å². The average Bonchev–Trinajstić information content (AvgIpc) is 2.72. The molecule has 1 aliphatic rings. The predicted octanol–water partition coefficient (Wildman–Crippen LogP) is 4.04. The lowest BCUT2D eigenvalue weighted by atomic mass is 10.1. The smallest absolute Gasteiger partial charge is 0.315 e. The molecule has 0 saturated heterocycles. The highest BCUT2D eigenvalue weighted by atomic mass is 35.5. The van der Waals surface area contributed by atoms with Gasteiger partial charge >= 0.3 is 6.03 Å². The summed E-state index contributed by atoms with van der Waals surface area (Å²) in [7, 11) is 0. The molecule has 150 valence electrons. The zero-order chi connectivity index (χ0) is 19.8. The quantitative estimate of drug-likeness (QED) is 0.651. The Morgan fingerprint density at radius 1 is 1.11 bits per heavy atom. The van der Waals surface area contributed by atoms with E-state index in [1.54, 1.807) is 6.07 Å². The fraction of sp³-hybridized carbons (Fsp3) is 0.381. The Bertz CT molecular complexity index is 813. The maximum absolute atomic E-state index is 12.2. The summed E-state index contributed by atoms with van der Waals surface area (Å²) >= 11 is 6.23. The maximum atomic E-state index is 12.2. The van der Waals surface area contributed by atoms with Gasteiger partial charge in [0.05, 0.1) is 11.6 Å². The third kappa shape index (κ3) is 5.53. The van der Waals surface area contributed by atoms with Gasteiger partial charge in [0.25, 0.3) is 0 Å². The SMILES string of the molecule is CCCOCc1ccccc1CNC(=O)NCc1cc(Cl)c2c(c1)OCCO2. The van der Waals surface area contributed by atoms with Crippen LogP contribution in [0.4, 0.5) is 4.79 Å². The monoisotopic (exact) mass is 404 g/mol. The summed E-state index contributed by atoms with van der Waals surface area (Å²) in [5.41, 5.74) is 2.96. The molecule has 28 heavy (non-hydrogen) atoms. The van der Waals surface area contributed by atoms with Gasteiger partial charge in [-0.05, 0) is 35.2 Å². The Morgan fingerprint density at radius 2 is 1.86 bits per heavy atom. The number of fused-ring (bicyclic) bond motifs is 1. The van der Waals surface area contributed by atoms with E-state index >= 15 is 0 Å². The molecule has 2 N–H and O–H groups in total. The molecule has 0 atom stereocenters. The van der Waals surface area contributed by atoms with Crippen molar-refractivity contribution in [3.8, 4) is 11.5 Å². The van der Waals surface area contributed by atoms with Crippen molar-refractivity contribution in [3.05, 3.63) is 58.1 Å². The number of nitrogens with one attached hydrogen (secondary N) is 2. The minimum Gasteiger partial charge on any atom is -0.486 e. The van der Waals surface area contributed by atoms with Crippen molar-refractivity contribution < 1.29 is 19.0 Å². The first-order valence-electron chi connectivity index (χ1n) is 9.41. The van der Waals surface area contributed by atoms with Gasteiger partial charge in [-0.25, -0.2) is 4.79 Å². The zero-order valence-corrected chi connectivity index (χ0v) is 16.7. The number of hydrogen-bond donors (Lipinski definition) is 2. The summed E-state index contributed by atoms with van der Waals surface area (Å²) in [6.07, 6.45) is 0.979. The standard InChI is InChI=1S/C21H25ClN2O4/c1-2-7-26-14-17-6-4-3-5-16(17)13-24-21(25)23-12-15-10-18(22)20-19(11-15)27-8-9-28-20/h3-6,10-11H,2,7-9,12-14H2,1H3,(H2,23,24,25). The Kier molecular flexibility index (Phi) is 7.39. The van der Waals surface area contributed by atoms with Crippen molar-refractivity contribution in [1.82, 2.24) is 10.6 Å². The lowest BCUT2D eigenvalue weighted by Gasteiger charge is -2.20. The van der Waals surface area contributed by atoms with Crippen LogP contribution in [0.2, 0.25) is 5.02 Å². The van der Waals surface area contributed by atoms with Crippen LogP contribution in [0.5, 0.6) is 11.5 Å². The van der Waals surface area contributed by atoms with E-state index in [0.717, 1.165) is 29.7 Å². The van der Waals surface area contributed by atoms with Crippen molar-refractivity contribution in [2.24, 2.45) is 0 Å². The predicted molar refractivity (Wildman–Crippen MR) is 108 cm³/mol. The van der Waals surface area contributed by atoms with Crippen LogP contribution in [0.25, 0.3) is 0 Å². The molecule has 0 aliphatic carbocycles. The lowest BCUT2D eigenvalue weighted by molar-refractivity contribution is 0.121. The van der Waals surface area contributed by atoms with Crippen LogP contribution in [0.3, 0.4) is 0 Å². The average molecular weight is 405 g/mol. The number of amides is 2. The molecule has 1 aliphatic heterocycles. The van der Waals surface area contributed by atoms with Crippen LogP contribution >= 0.6 is 11.6 Å². The molecule has 2 aromatic carbocycles. The van der Waals surface area contributed by atoms with Crippen LogP contribution in [-0.4, -0.2) is 25.9 Å². The van der Waals surface area contributed by atoms with Crippen molar-refractivity contribution >= 4 is 17.6 Å². The van der Waals surface area contributed by atoms with Gasteiger partial charge in [-0.15, -0.1) is 0 Å². The molecule has 2 amide bonds. The molecule has 1 heterocycles. The van der Waals surface area contributed by atoms with Crippen molar-refractivity contribution in [2.45, 2.75) is 33.0 Å². The second-order valence-electron chi connectivity index (χ2n) is 6.46. The van der Waals surface area contributed by atoms with Crippen LogP contribution in [0.15, 0.2) is 36.4 Å². The normalized spacial score (nSPS) is 12.5. The fourth-order valence-electron chi connectivity index (χ4n) is 2.88.